The Hall–Kier alpha value is -3.07. The first-order chi connectivity index (χ1) is 13.4. The topological polar surface area (TPSA) is 78.4 Å². The van der Waals surface area contributed by atoms with E-state index in [1.807, 2.05) is 36.4 Å². The summed E-state index contributed by atoms with van der Waals surface area (Å²) in [5.41, 5.74) is 1.12. The Kier molecular flexibility index (Phi) is 5.84. The van der Waals surface area contributed by atoms with Gasteiger partial charge < -0.3 is 5.11 Å². The van der Waals surface area contributed by atoms with Gasteiger partial charge >= 0.3 is 0 Å². The minimum atomic E-state index is -0.561. The van der Waals surface area contributed by atoms with Gasteiger partial charge in [0.25, 0.3) is 5.56 Å². The highest BCUT2D eigenvalue weighted by atomic mass is 35.5. The van der Waals surface area contributed by atoms with Crippen LogP contribution in [0.5, 0.6) is 5.88 Å². The van der Waals surface area contributed by atoms with Gasteiger partial charge in [-0.15, -0.1) is 0 Å². The van der Waals surface area contributed by atoms with Crippen molar-refractivity contribution in [3.8, 4) is 11.9 Å². The van der Waals surface area contributed by atoms with Crippen LogP contribution in [0.4, 0.5) is 5.69 Å². The van der Waals surface area contributed by atoms with Crippen molar-refractivity contribution in [2.75, 3.05) is 0 Å². The average molecular weight is 412 g/mol. The second-order valence-electron chi connectivity index (χ2n) is 6.05. The number of benzene rings is 2. The first-order valence-electron chi connectivity index (χ1n) is 8.32. The van der Waals surface area contributed by atoms with Crippen molar-refractivity contribution >= 4 is 35.1 Å². The molecule has 0 aliphatic carbocycles. The molecule has 28 heavy (non-hydrogen) atoms. The van der Waals surface area contributed by atoms with Crippen LogP contribution in [0.2, 0.25) is 10.0 Å². The van der Waals surface area contributed by atoms with Gasteiger partial charge in [-0.2, -0.15) is 5.26 Å². The summed E-state index contributed by atoms with van der Waals surface area (Å²) >= 11 is 12.3. The summed E-state index contributed by atoms with van der Waals surface area (Å²) < 4.78 is 1.15. The number of pyridine rings is 1. The summed E-state index contributed by atoms with van der Waals surface area (Å²) in [4.78, 5) is 17.0. The molecule has 0 aliphatic heterocycles. The van der Waals surface area contributed by atoms with E-state index >= 15 is 0 Å². The predicted molar refractivity (Wildman–Crippen MR) is 111 cm³/mol. The van der Waals surface area contributed by atoms with Crippen molar-refractivity contribution in [2.45, 2.75) is 13.5 Å². The Labute approximate surface area is 171 Å². The van der Waals surface area contributed by atoms with Gasteiger partial charge in [0.1, 0.15) is 17.3 Å². The molecule has 1 N–H and O–H groups in total. The molecule has 0 atom stereocenters. The van der Waals surface area contributed by atoms with E-state index in [0.29, 0.717) is 21.3 Å². The highest BCUT2D eigenvalue weighted by molar-refractivity contribution is 6.38. The molecule has 140 valence electrons. The number of nitrogens with zero attached hydrogens (tertiary/aromatic N) is 3. The van der Waals surface area contributed by atoms with E-state index in [1.165, 1.54) is 6.21 Å². The van der Waals surface area contributed by atoms with Crippen LogP contribution in [0.15, 0.2) is 58.3 Å². The number of rotatable bonds is 4. The molecule has 7 heteroatoms. The third-order valence-corrected chi connectivity index (χ3v) is 4.90. The van der Waals surface area contributed by atoms with Crippen LogP contribution in [0.1, 0.15) is 22.3 Å². The van der Waals surface area contributed by atoms with Gasteiger partial charge in [-0.05, 0) is 30.2 Å². The van der Waals surface area contributed by atoms with Crippen LogP contribution in [0.3, 0.4) is 0 Å². The maximum absolute atomic E-state index is 12.7. The smallest absolute Gasteiger partial charge is 0.271 e. The van der Waals surface area contributed by atoms with E-state index in [1.54, 1.807) is 25.1 Å². The zero-order valence-electron chi connectivity index (χ0n) is 14.9. The Balaban J connectivity index is 2.16. The molecule has 0 radical (unpaired) electrons. The number of aromatic nitrogens is 1. The Morgan fingerprint density at radius 3 is 2.39 bits per heavy atom. The number of hydrogen-bond acceptors (Lipinski definition) is 4. The first-order valence-corrected chi connectivity index (χ1v) is 9.08. The summed E-state index contributed by atoms with van der Waals surface area (Å²) in [6.07, 6.45) is 1.36. The van der Waals surface area contributed by atoms with E-state index in [9.17, 15) is 15.2 Å². The molecule has 1 aromatic heterocycles. The minimum Gasteiger partial charge on any atom is -0.494 e. The molecule has 0 saturated carbocycles. The molecule has 0 saturated heterocycles. The number of aromatic hydroxyl groups is 1. The van der Waals surface area contributed by atoms with Gasteiger partial charge in [-0.25, -0.2) is 0 Å². The first kappa shape index (κ1) is 19.7. The van der Waals surface area contributed by atoms with Crippen LogP contribution >= 0.6 is 23.2 Å². The van der Waals surface area contributed by atoms with E-state index in [2.05, 4.69) is 4.99 Å². The number of halogens is 2. The molecule has 1 heterocycles. The fourth-order valence-electron chi connectivity index (χ4n) is 2.78. The summed E-state index contributed by atoms with van der Waals surface area (Å²) in [5.74, 6) is -0.280. The van der Waals surface area contributed by atoms with Crippen molar-refractivity contribution in [1.29, 1.82) is 5.26 Å². The zero-order chi connectivity index (χ0) is 20.3. The van der Waals surface area contributed by atoms with E-state index in [4.69, 9.17) is 23.2 Å². The summed E-state index contributed by atoms with van der Waals surface area (Å²) in [6, 6.07) is 16.1. The number of aliphatic imine (C=N–C) groups is 1. The second kappa shape index (κ2) is 8.30. The summed E-state index contributed by atoms with van der Waals surface area (Å²) in [6.45, 7) is 1.70. The van der Waals surface area contributed by atoms with Crippen LogP contribution in [-0.4, -0.2) is 15.9 Å². The molecule has 0 spiro atoms. The normalized spacial score (nSPS) is 10.9. The molecule has 0 bridgehead atoms. The Morgan fingerprint density at radius 1 is 1.14 bits per heavy atom. The molecule has 0 unspecified atom stereocenters. The van der Waals surface area contributed by atoms with Gasteiger partial charge in [0.2, 0.25) is 5.88 Å². The molecular formula is C21H15Cl2N3O2. The lowest BCUT2D eigenvalue weighted by Gasteiger charge is -2.14. The second-order valence-corrected chi connectivity index (χ2v) is 6.87. The maximum Gasteiger partial charge on any atom is 0.271 e. The highest BCUT2D eigenvalue weighted by Crippen LogP contribution is 2.33. The van der Waals surface area contributed by atoms with Gasteiger partial charge in [0, 0.05) is 6.21 Å². The van der Waals surface area contributed by atoms with E-state index in [0.717, 1.165) is 10.1 Å². The van der Waals surface area contributed by atoms with Crippen molar-refractivity contribution in [3.63, 3.8) is 0 Å². The molecule has 3 rings (SSSR count). The summed E-state index contributed by atoms with van der Waals surface area (Å²) in [5, 5.41) is 20.9. The third-order valence-electron chi connectivity index (χ3n) is 4.29. The van der Waals surface area contributed by atoms with Crippen LogP contribution < -0.4 is 5.56 Å². The SMILES string of the molecule is Cc1c(C=Nc2c(Cl)cccc2Cl)c(O)n(Cc2ccccc2)c(=O)c1C#N. The van der Waals surface area contributed by atoms with Gasteiger partial charge in [-0.1, -0.05) is 59.6 Å². The van der Waals surface area contributed by atoms with Crippen molar-refractivity contribution in [2.24, 2.45) is 4.99 Å². The van der Waals surface area contributed by atoms with Crippen LogP contribution in [-0.2, 0) is 6.54 Å². The lowest BCUT2D eigenvalue weighted by Crippen LogP contribution is -2.25. The average Bonchev–Trinajstić information content (AvgIpc) is 2.68. The van der Waals surface area contributed by atoms with E-state index in [-0.39, 0.29) is 23.6 Å². The van der Waals surface area contributed by atoms with Gasteiger partial charge in [0.05, 0.1) is 22.2 Å². The maximum atomic E-state index is 12.7. The molecule has 0 fully saturated rings. The van der Waals surface area contributed by atoms with Crippen molar-refractivity contribution < 1.29 is 5.11 Å². The lowest BCUT2D eigenvalue weighted by atomic mass is 10.1. The summed E-state index contributed by atoms with van der Waals surface area (Å²) in [7, 11) is 0. The largest absolute Gasteiger partial charge is 0.494 e. The monoisotopic (exact) mass is 411 g/mol. The number of para-hydroxylation sites is 1. The standard InChI is InChI=1S/C21H15Cl2N3O2/c1-13-15(10-24)20(27)26(12-14-6-3-2-4-7-14)21(28)16(13)11-25-19-17(22)8-5-9-18(19)23/h2-9,11,28H,12H2,1H3. The molecule has 3 aromatic rings. The fourth-order valence-corrected chi connectivity index (χ4v) is 3.27. The number of nitriles is 1. The highest BCUT2D eigenvalue weighted by Gasteiger charge is 2.18. The molecular weight excluding hydrogens is 397 g/mol. The quantitative estimate of drug-likeness (QED) is 0.623. The third kappa shape index (κ3) is 3.79. The molecule has 0 aliphatic rings. The molecule has 0 amide bonds. The van der Waals surface area contributed by atoms with Gasteiger partial charge in [-0.3, -0.25) is 14.4 Å². The van der Waals surface area contributed by atoms with Crippen LogP contribution in [0.25, 0.3) is 0 Å². The minimum absolute atomic E-state index is 0.0552. The van der Waals surface area contributed by atoms with Crippen LogP contribution in [0, 0.1) is 18.3 Å². The Bertz CT molecular complexity index is 1140. The molecule has 5 nitrogen and oxygen atoms in total. The zero-order valence-corrected chi connectivity index (χ0v) is 16.4. The predicted octanol–water partition coefficient (Wildman–Crippen LogP) is 4.84. The van der Waals surface area contributed by atoms with Gasteiger partial charge in [0.15, 0.2) is 0 Å². The van der Waals surface area contributed by atoms with E-state index < -0.39 is 5.56 Å². The lowest BCUT2D eigenvalue weighted by molar-refractivity contribution is 0.413. The van der Waals surface area contributed by atoms with Crippen molar-refractivity contribution in [3.05, 3.63) is 91.2 Å². The number of hydrogen-bond donors (Lipinski definition) is 1. The van der Waals surface area contributed by atoms with Crippen molar-refractivity contribution in [1.82, 2.24) is 4.57 Å². The molecule has 2 aromatic carbocycles. The Morgan fingerprint density at radius 2 is 1.79 bits per heavy atom. The fraction of sp³-hybridized carbons (Fsp3) is 0.0952.